The van der Waals surface area contributed by atoms with Crippen molar-refractivity contribution in [1.82, 2.24) is 4.31 Å². The number of anilines is 1. The van der Waals surface area contributed by atoms with E-state index in [1.807, 2.05) is 0 Å². The number of benzene rings is 2. The van der Waals surface area contributed by atoms with Crippen molar-refractivity contribution in [3.05, 3.63) is 47.5 Å². The van der Waals surface area contributed by atoms with E-state index in [-0.39, 0.29) is 22.0 Å². The molecule has 0 fully saturated rings. The van der Waals surface area contributed by atoms with E-state index in [0.29, 0.717) is 43.7 Å². The van der Waals surface area contributed by atoms with Gasteiger partial charge in [0.2, 0.25) is 10.0 Å². The standard InChI is InChI=1S/C22H26F2N2O5S/c1-4-25(5-2)32(28,29)16-11-12-18-15(14-16)8-7-13-26(18)21(27)17-9-6-10-19(30-3)20(17)31-22(23)24/h6,9-12,14,22H,4-5,7-8,13H2,1-3H3. The fraction of sp³-hybridized carbons (Fsp3) is 0.409. The number of alkyl halides is 2. The summed E-state index contributed by atoms with van der Waals surface area (Å²) in [5.74, 6) is -0.836. The van der Waals surface area contributed by atoms with Crippen LogP contribution in [0.4, 0.5) is 14.5 Å². The van der Waals surface area contributed by atoms with Crippen molar-refractivity contribution >= 4 is 21.6 Å². The average molecular weight is 469 g/mol. The van der Waals surface area contributed by atoms with Crippen LogP contribution in [0.1, 0.15) is 36.2 Å². The van der Waals surface area contributed by atoms with Gasteiger partial charge in [0.15, 0.2) is 11.5 Å². The molecule has 1 aliphatic heterocycles. The molecule has 0 aliphatic carbocycles. The van der Waals surface area contributed by atoms with Gasteiger partial charge < -0.3 is 14.4 Å². The minimum atomic E-state index is -3.64. The van der Waals surface area contributed by atoms with Crippen LogP contribution in [0.5, 0.6) is 11.5 Å². The first-order chi connectivity index (χ1) is 15.2. The third-order valence-electron chi connectivity index (χ3n) is 5.39. The highest BCUT2D eigenvalue weighted by Gasteiger charge is 2.30. The number of fused-ring (bicyclic) bond motifs is 1. The fourth-order valence-corrected chi connectivity index (χ4v) is 5.37. The van der Waals surface area contributed by atoms with Crippen LogP contribution in [0.3, 0.4) is 0 Å². The highest BCUT2D eigenvalue weighted by Crippen LogP contribution is 2.36. The Hall–Kier alpha value is -2.72. The van der Waals surface area contributed by atoms with E-state index in [1.54, 1.807) is 26.0 Å². The molecular weight excluding hydrogens is 442 g/mol. The maximum Gasteiger partial charge on any atom is 0.387 e. The van der Waals surface area contributed by atoms with Gasteiger partial charge in [-0.05, 0) is 48.7 Å². The van der Waals surface area contributed by atoms with Gasteiger partial charge in [-0.3, -0.25) is 4.79 Å². The molecule has 0 saturated carbocycles. The van der Waals surface area contributed by atoms with Crippen molar-refractivity contribution in [1.29, 1.82) is 0 Å². The molecule has 10 heteroatoms. The maximum absolute atomic E-state index is 13.3. The molecule has 0 unspecified atom stereocenters. The van der Waals surface area contributed by atoms with Gasteiger partial charge in [-0.15, -0.1) is 0 Å². The van der Waals surface area contributed by atoms with Crippen LogP contribution in [0.2, 0.25) is 0 Å². The van der Waals surface area contributed by atoms with Crippen molar-refractivity contribution in [3.8, 4) is 11.5 Å². The number of hydrogen-bond acceptors (Lipinski definition) is 5. The van der Waals surface area contributed by atoms with E-state index in [2.05, 4.69) is 4.74 Å². The molecule has 3 rings (SSSR count). The zero-order valence-corrected chi connectivity index (χ0v) is 19.0. The zero-order valence-electron chi connectivity index (χ0n) is 18.2. The second-order valence-corrected chi connectivity index (χ2v) is 9.09. The minimum absolute atomic E-state index is 0.0223. The summed E-state index contributed by atoms with van der Waals surface area (Å²) in [5, 5.41) is 0. The Labute approximate surface area is 186 Å². The van der Waals surface area contributed by atoms with Crippen molar-refractivity contribution in [2.75, 3.05) is 31.6 Å². The first-order valence-electron chi connectivity index (χ1n) is 10.3. The van der Waals surface area contributed by atoms with Crippen LogP contribution in [-0.2, 0) is 16.4 Å². The fourth-order valence-electron chi connectivity index (χ4n) is 3.86. The van der Waals surface area contributed by atoms with Gasteiger partial charge in [-0.25, -0.2) is 8.42 Å². The molecule has 0 atom stereocenters. The topological polar surface area (TPSA) is 76.2 Å². The molecule has 0 spiro atoms. The second-order valence-electron chi connectivity index (χ2n) is 7.16. The zero-order chi connectivity index (χ0) is 23.5. The predicted molar refractivity (Wildman–Crippen MR) is 116 cm³/mol. The largest absolute Gasteiger partial charge is 0.493 e. The van der Waals surface area contributed by atoms with E-state index >= 15 is 0 Å². The van der Waals surface area contributed by atoms with E-state index in [4.69, 9.17) is 4.74 Å². The van der Waals surface area contributed by atoms with Crippen LogP contribution in [-0.4, -0.2) is 52.0 Å². The van der Waals surface area contributed by atoms with Gasteiger partial charge in [0.1, 0.15) is 0 Å². The Kier molecular flexibility index (Phi) is 7.35. The molecule has 7 nitrogen and oxygen atoms in total. The molecule has 0 bridgehead atoms. The van der Waals surface area contributed by atoms with Gasteiger partial charge >= 0.3 is 6.61 Å². The van der Waals surface area contributed by atoms with E-state index in [9.17, 15) is 22.0 Å². The van der Waals surface area contributed by atoms with Crippen molar-refractivity contribution in [2.45, 2.75) is 38.2 Å². The summed E-state index contributed by atoms with van der Waals surface area (Å²) in [6.45, 7) is 1.48. The summed E-state index contributed by atoms with van der Waals surface area (Å²) in [4.78, 5) is 15.0. The number of hydrogen-bond donors (Lipinski definition) is 0. The number of sulfonamides is 1. The van der Waals surface area contributed by atoms with Crippen LogP contribution in [0, 0.1) is 0 Å². The van der Waals surface area contributed by atoms with E-state index < -0.39 is 22.5 Å². The lowest BCUT2D eigenvalue weighted by atomic mass is 10.0. The molecular formula is C22H26F2N2O5S. The molecule has 2 aromatic rings. The third kappa shape index (κ3) is 4.56. The first kappa shape index (κ1) is 23.9. The number of amides is 1. The minimum Gasteiger partial charge on any atom is -0.493 e. The number of para-hydroxylation sites is 1. The number of halogens is 2. The monoisotopic (exact) mass is 468 g/mol. The van der Waals surface area contributed by atoms with Crippen molar-refractivity contribution in [3.63, 3.8) is 0 Å². The summed E-state index contributed by atoms with van der Waals surface area (Å²) in [5.41, 5.74) is 1.19. The number of carbonyl (C=O) groups excluding carboxylic acids is 1. The molecule has 0 saturated heterocycles. The number of methoxy groups -OCH3 is 1. The highest BCUT2D eigenvalue weighted by molar-refractivity contribution is 7.89. The van der Waals surface area contributed by atoms with Gasteiger partial charge in [0.25, 0.3) is 5.91 Å². The summed E-state index contributed by atoms with van der Waals surface area (Å²) < 4.78 is 62.8. The molecule has 0 N–H and O–H groups in total. The summed E-state index contributed by atoms with van der Waals surface area (Å²) >= 11 is 0. The van der Waals surface area contributed by atoms with Crippen LogP contribution >= 0.6 is 0 Å². The Balaban J connectivity index is 2.01. The summed E-state index contributed by atoms with van der Waals surface area (Å²) in [6.07, 6.45) is 1.20. The second kappa shape index (κ2) is 9.83. The SMILES string of the molecule is CCN(CC)S(=O)(=O)c1ccc2c(c1)CCCN2C(=O)c1cccc(OC)c1OC(F)F. The van der Waals surface area contributed by atoms with Gasteiger partial charge in [-0.1, -0.05) is 19.9 Å². The number of rotatable bonds is 8. The molecule has 1 aliphatic rings. The lowest BCUT2D eigenvalue weighted by Crippen LogP contribution is -2.36. The van der Waals surface area contributed by atoms with Crippen LogP contribution in [0.15, 0.2) is 41.3 Å². The summed E-state index contributed by atoms with van der Waals surface area (Å²) in [7, 11) is -2.34. The Morgan fingerprint density at radius 3 is 2.53 bits per heavy atom. The van der Waals surface area contributed by atoms with Crippen LogP contribution in [0.25, 0.3) is 0 Å². The number of aryl methyl sites for hydroxylation is 1. The smallest absolute Gasteiger partial charge is 0.387 e. The molecule has 1 amide bonds. The average Bonchev–Trinajstić information content (AvgIpc) is 2.78. The predicted octanol–water partition coefficient (Wildman–Crippen LogP) is 3.92. The van der Waals surface area contributed by atoms with Gasteiger partial charge in [-0.2, -0.15) is 13.1 Å². The van der Waals surface area contributed by atoms with E-state index in [1.165, 1.54) is 40.6 Å². The highest BCUT2D eigenvalue weighted by atomic mass is 32.2. The Morgan fingerprint density at radius 2 is 1.91 bits per heavy atom. The third-order valence-corrected chi connectivity index (χ3v) is 7.44. The molecule has 0 radical (unpaired) electrons. The molecule has 0 aromatic heterocycles. The number of carbonyl (C=O) groups is 1. The number of nitrogens with zero attached hydrogens (tertiary/aromatic N) is 2. The lowest BCUT2D eigenvalue weighted by molar-refractivity contribution is -0.0515. The Bertz CT molecular complexity index is 1090. The molecule has 32 heavy (non-hydrogen) atoms. The van der Waals surface area contributed by atoms with E-state index in [0.717, 1.165) is 0 Å². The Morgan fingerprint density at radius 1 is 1.19 bits per heavy atom. The maximum atomic E-state index is 13.3. The quantitative estimate of drug-likeness (QED) is 0.587. The number of ether oxygens (including phenoxy) is 2. The van der Waals surface area contributed by atoms with Crippen molar-refractivity contribution in [2.24, 2.45) is 0 Å². The first-order valence-corrected chi connectivity index (χ1v) is 11.7. The molecule has 174 valence electrons. The lowest BCUT2D eigenvalue weighted by Gasteiger charge is -2.31. The van der Waals surface area contributed by atoms with Gasteiger partial charge in [0, 0.05) is 25.3 Å². The molecule has 2 aromatic carbocycles. The normalized spacial score (nSPS) is 13.9. The summed E-state index contributed by atoms with van der Waals surface area (Å²) in [6, 6.07) is 9.01. The van der Waals surface area contributed by atoms with Crippen LogP contribution < -0.4 is 14.4 Å². The van der Waals surface area contributed by atoms with Crippen molar-refractivity contribution < 1.29 is 31.5 Å². The molecule has 1 heterocycles. The van der Waals surface area contributed by atoms with Gasteiger partial charge in [0.05, 0.1) is 17.6 Å².